The molecule has 1 aromatic heterocycles. The highest BCUT2D eigenvalue weighted by molar-refractivity contribution is 5.40. The lowest BCUT2D eigenvalue weighted by molar-refractivity contribution is 0.262. The maximum Gasteiger partial charge on any atom is 0.186 e. The minimum atomic E-state index is -0.372. The Morgan fingerprint density at radius 2 is 2.33 bits per heavy atom. The lowest BCUT2D eigenvalue weighted by Gasteiger charge is -2.40. The van der Waals surface area contributed by atoms with Crippen molar-refractivity contribution in [2.45, 2.75) is 45.1 Å². The maximum atomic E-state index is 13.9. The van der Waals surface area contributed by atoms with Gasteiger partial charge in [-0.2, -0.15) is 0 Å². The summed E-state index contributed by atoms with van der Waals surface area (Å²) >= 11 is 0. The van der Waals surface area contributed by atoms with E-state index in [4.69, 9.17) is 5.73 Å². The topological polar surface area (TPSA) is 63.8 Å². The van der Waals surface area contributed by atoms with Gasteiger partial charge in [-0.15, -0.1) is 0 Å². The zero-order valence-electron chi connectivity index (χ0n) is 11.0. The van der Waals surface area contributed by atoms with Crippen LogP contribution in [0.25, 0.3) is 0 Å². The number of aromatic nitrogens is 2. The average molecular weight is 252 g/mol. The van der Waals surface area contributed by atoms with Crippen LogP contribution >= 0.6 is 0 Å². The molecule has 1 heterocycles. The molecule has 1 fully saturated rings. The lowest BCUT2D eigenvalue weighted by Crippen LogP contribution is -2.49. The van der Waals surface area contributed by atoms with E-state index in [-0.39, 0.29) is 17.2 Å². The zero-order chi connectivity index (χ0) is 13.2. The third-order valence-electron chi connectivity index (χ3n) is 3.83. The first-order valence-electron chi connectivity index (χ1n) is 6.52. The number of nitrogens with zero attached hydrogens (tertiary/aromatic N) is 2. The van der Waals surface area contributed by atoms with E-state index in [9.17, 15) is 4.39 Å². The number of halogens is 1. The van der Waals surface area contributed by atoms with Crippen LogP contribution in [0.15, 0.2) is 6.33 Å². The fourth-order valence-corrected chi connectivity index (χ4v) is 2.81. The molecule has 3 N–H and O–H groups in total. The number of hydrogen-bond donors (Lipinski definition) is 2. The third-order valence-corrected chi connectivity index (χ3v) is 3.83. The predicted molar refractivity (Wildman–Crippen MR) is 69.8 cm³/mol. The van der Waals surface area contributed by atoms with Gasteiger partial charge in [-0.1, -0.05) is 19.8 Å². The molecule has 0 amide bonds. The van der Waals surface area contributed by atoms with Gasteiger partial charge in [0.15, 0.2) is 11.6 Å². The molecule has 5 heteroatoms. The summed E-state index contributed by atoms with van der Waals surface area (Å²) in [6.07, 6.45) is 5.66. The first-order chi connectivity index (χ1) is 8.56. The van der Waals surface area contributed by atoms with Crippen molar-refractivity contribution in [2.24, 2.45) is 11.7 Å². The minimum absolute atomic E-state index is 0.223. The highest BCUT2D eigenvalue weighted by Gasteiger charge is 2.34. The number of nitrogens with two attached hydrogens (primary N) is 1. The average Bonchev–Trinajstić information content (AvgIpc) is 2.35. The van der Waals surface area contributed by atoms with Gasteiger partial charge in [0.2, 0.25) is 0 Å². The van der Waals surface area contributed by atoms with Crippen molar-refractivity contribution in [3.8, 4) is 0 Å². The summed E-state index contributed by atoms with van der Waals surface area (Å²) < 4.78 is 13.9. The Balaban J connectivity index is 2.22. The number of aryl methyl sites for hydroxylation is 1. The Labute approximate surface area is 107 Å². The van der Waals surface area contributed by atoms with Crippen LogP contribution in [0.1, 0.15) is 38.3 Å². The molecule has 1 saturated carbocycles. The van der Waals surface area contributed by atoms with E-state index in [1.807, 2.05) is 0 Å². The molecular weight excluding hydrogens is 231 g/mol. The van der Waals surface area contributed by atoms with Crippen molar-refractivity contribution in [1.29, 1.82) is 0 Å². The number of hydrogen-bond acceptors (Lipinski definition) is 4. The van der Waals surface area contributed by atoms with Gasteiger partial charge in [-0.3, -0.25) is 0 Å². The molecular formula is C13H21FN4. The molecule has 0 saturated heterocycles. The van der Waals surface area contributed by atoms with Crippen LogP contribution in [-0.4, -0.2) is 22.1 Å². The van der Waals surface area contributed by atoms with Crippen LogP contribution in [0.5, 0.6) is 0 Å². The Morgan fingerprint density at radius 3 is 3.00 bits per heavy atom. The van der Waals surface area contributed by atoms with Crippen LogP contribution in [-0.2, 0) is 0 Å². The van der Waals surface area contributed by atoms with E-state index >= 15 is 0 Å². The van der Waals surface area contributed by atoms with Crippen molar-refractivity contribution in [1.82, 2.24) is 9.97 Å². The Kier molecular flexibility index (Phi) is 3.80. The fourth-order valence-electron chi connectivity index (χ4n) is 2.81. The molecule has 1 aromatic rings. The predicted octanol–water partition coefficient (Wildman–Crippen LogP) is 2.24. The summed E-state index contributed by atoms with van der Waals surface area (Å²) in [6, 6.07) is 0. The van der Waals surface area contributed by atoms with Gasteiger partial charge < -0.3 is 11.1 Å². The first kappa shape index (κ1) is 13.2. The summed E-state index contributed by atoms with van der Waals surface area (Å²) in [6.45, 7) is 4.35. The molecule has 0 spiro atoms. The molecule has 0 aliphatic heterocycles. The van der Waals surface area contributed by atoms with Gasteiger partial charge in [-0.05, 0) is 25.7 Å². The molecule has 18 heavy (non-hydrogen) atoms. The fraction of sp³-hybridized carbons (Fsp3) is 0.692. The Hall–Kier alpha value is -1.23. The third kappa shape index (κ3) is 2.61. The van der Waals surface area contributed by atoms with Crippen LogP contribution < -0.4 is 11.1 Å². The molecule has 4 nitrogen and oxygen atoms in total. The van der Waals surface area contributed by atoms with Crippen LogP contribution in [0.4, 0.5) is 10.2 Å². The molecule has 1 aliphatic carbocycles. The van der Waals surface area contributed by atoms with Gasteiger partial charge >= 0.3 is 0 Å². The van der Waals surface area contributed by atoms with Crippen molar-refractivity contribution < 1.29 is 4.39 Å². The molecule has 1 aliphatic rings. The molecule has 0 bridgehead atoms. The molecule has 2 atom stereocenters. The monoisotopic (exact) mass is 252 g/mol. The molecule has 100 valence electrons. The highest BCUT2D eigenvalue weighted by atomic mass is 19.1. The van der Waals surface area contributed by atoms with Crippen molar-refractivity contribution in [2.75, 3.05) is 11.9 Å². The van der Waals surface area contributed by atoms with E-state index in [1.54, 1.807) is 6.92 Å². The standard InChI is InChI=1S/C13H21FN4/c1-9-4-3-5-13(6-9,7-15)18-12-11(14)10(2)16-8-17-12/h8-9H,3-7,15H2,1-2H3,(H,16,17,18). The molecule has 2 rings (SSSR count). The van der Waals surface area contributed by atoms with E-state index in [0.29, 0.717) is 18.2 Å². The van der Waals surface area contributed by atoms with E-state index in [0.717, 1.165) is 19.3 Å². The number of nitrogens with one attached hydrogen (secondary N) is 1. The largest absolute Gasteiger partial charge is 0.361 e. The van der Waals surface area contributed by atoms with Crippen molar-refractivity contribution >= 4 is 5.82 Å². The second-order valence-corrected chi connectivity index (χ2v) is 5.43. The van der Waals surface area contributed by atoms with E-state index in [1.165, 1.54) is 12.7 Å². The van der Waals surface area contributed by atoms with Crippen LogP contribution in [0.2, 0.25) is 0 Å². The normalized spacial score (nSPS) is 28.1. The summed E-state index contributed by atoms with van der Waals surface area (Å²) in [7, 11) is 0. The minimum Gasteiger partial charge on any atom is -0.361 e. The summed E-state index contributed by atoms with van der Waals surface area (Å²) in [5.41, 5.74) is 6.05. The number of rotatable bonds is 3. The summed E-state index contributed by atoms with van der Waals surface area (Å²) in [5.74, 6) is 0.520. The van der Waals surface area contributed by atoms with E-state index in [2.05, 4.69) is 22.2 Å². The molecule has 0 aromatic carbocycles. The molecule has 2 unspecified atom stereocenters. The van der Waals surface area contributed by atoms with Gasteiger partial charge in [0, 0.05) is 6.54 Å². The van der Waals surface area contributed by atoms with E-state index < -0.39 is 0 Å². The first-order valence-corrected chi connectivity index (χ1v) is 6.52. The van der Waals surface area contributed by atoms with Gasteiger partial charge in [0.25, 0.3) is 0 Å². The van der Waals surface area contributed by atoms with Gasteiger partial charge in [-0.25, -0.2) is 14.4 Å². The van der Waals surface area contributed by atoms with Crippen LogP contribution in [0, 0.1) is 18.7 Å². The highest BCUT2D eigenvalue weighted by Crippen LogP contribution is 2.34. The smallest absolute Gasteiger partial charge is 0.186 e. The lowest BCUT2D eigenvalue weighted by atomic mass is 9.76. The maximum absolute atomic E-state index is 13.9. The summed E-state index contributed by atoms with van der Waals surface area (Å²) in [5, 5.41) is 3.23. The second kappa shape index (κ2) is 5.18. The molecule has 0 radical (unpaired) electrons. The van der Waals surface area contributed by atoms with Gasteiger partial charge in [0.1, 0.15) is 6.33 Å². The van der Waals surface area contributed by atoms with Crippen LogP contribution in [0.3, 0.4) is 0 Å². The SMILES string of the molecule is Cc1ncnc(NC2(CN)CCCC(C)C2)c1F. The van der Waals surface area contributed by atoms with Crippen molar-refractivity contribution in [3.05, 3.63) is 17.8 Å². The van der Waals surface area contributed by atoms with Crippen molar-refractivity contribution in [3.63, 3.8) is 0 Å². The second-order valence-electron chi connectivity index (χ2n) is 5.43. The van der Waals surface area contributed by atoms with Gasteiger partial charge in [0.05, 0.1) is 11.2 Å². The number of anilines is 1. The zero-order valence-corrected chi connectivity index (χ0v) is 11.0. The summed E-state index contributed by atoms with van der Waals surface area (Å²) in [4.78, 5) is 7.84. The Bertz CT molecular complexity index is 423. The Morgan fingerprint density at radius 1 is 1.56 bits per heavy atom. The quantitative estimate of drug-likeness (QED) is 0.866.